The standard InChI is InChI=1S/C14H14F3N3O2/c1-2-3-8-22-12(21)18-9-10-4-6-11(7-5-10)13(19-20-13)14(15,16)17/h2-7H,8-9H2,1H3,(H,18,21)/b3-2+. The molecule has 22 heavy (non-hydrogen) atoms. The lowest BCUT2D eigenvalue weighted by atomic mass is 10.0. The van der Waals surface area contributed by atoms with E-state index in [1.54, 1.807) is 19.1 Å². The molecule has 8 heteroatoms. The summed E-state index contributed by atoms with van der Waals surface area (Å²) in [6.07, 6.45) is -1.71. The van der Waals surface area contributed by atoms with Gasteiger partial charge in [0.15, 0.2) is 0 Å². The molecule has 0 saturated heterocycles. The average Bonchev–Trinajstić information content (AvgIpc) is 3.27. The maximum Gasteiger partial charge on any atom is 0.442 e. The van der Waals surface area contributed by atoms with E-state index in [0.717, 1.165) is 0 Å². The minimum Gasteiger partial charge on any atom is -0.445 e. The second kappa shape index (κ2) is 6.17. The summed E-state index contributed by atoms with van der Waals surface area (Å²) in [5.41, 5.74) is -1.81. The predicted octanol–water partition coefficient (Wildman–Crippen LogP) is 3.67. The van der Waals surface area contributed by atoms with Crippen LogP contribution in [0, 0.1) is 0 Å². The Labute approximate surface area is 124 Å². The average molecular weight is 313 g/mol. The molecule has 1 heterocycles. The Balaban J connectivity index is 1.89. The smallest absolute Gasteiger partial charge is 0.442 e. The predicted molar refractivity (Wildman–Crippen MR) is 72.0 cm³/mol. The number of allylic oxidation sites excluding steroid dienone is 1. The van der Waals surface area contributed by atoms with Crippen molar-refractivity contribution in [2.45, 2.75) is 25.3 Å². The molecule has 1 amide bonds. The van der Waals surface area contributed by atoms with Crippen molar-refractivity contribution in [2.24, 2.45) is 10.2 Å². The lowest BCUT2D eigenvalue weighted by Gasteiger charge is -2.15. The summed E-state index contributed by atoms with van der Waals surface area (Å²) in [6, 6.07) is 5.57. The van der Waals surface area contributed by atoms with Gasteiger partial charge in [0, 0.05) is 12.1 Å². The van der Waals surface area contributed by atoms with E-state index in [2.05, 4.69) is 15.5 Å². The van der Waals surface area contributed by atoms with E-state index in [1.807, 2.05) is 0 Å². The van der Waals surface area contributed by atoms with Crippen LogP contribution in [-0.4, -0.2) is 18.9 Å². The molecule has 0 bridgehead atoms. The highest BCUT2D eigenvalue weighted by Crippen LogP contribution is 2.52. The van der Waals surface area contributed by atoms with Crippen LogP contribution in [0.15, 0.2) is 46.6 Å². The number of nitrogens with one attached hydrogen (secondary N) is 1. The number of alkyl carbamates (subject to hydrolysis) is 1. The zero-order valence-corrected chi connectivity index (χ0v) is 11.7. The van der Waals surface area contributed by atoms with Crippen LogP contribution in [0.3, 0.4) is 0 Å². The maximum absolute atomic E-state index is 12.8. The third kappa shape index (κ3) is 3.44. The molecule has 0 aliphatic carbocycles. The van der Waals surface area contributed by atoms with Crippen molar-refractivity contribution in [1.29, 1.82) is 0 Å². The van der Waals surface area contributed by atoms with Gasteiger partial charge in [0.2, 0.25) is 0 Å². The molecular weight excluding hydrogens is 299 g/mol. The van der Waals surface area contributed by atoms with E-state index in [4.69, 9.17) is 4.74 Å². The second-order valence-corrected chi connectivity index (χ2v) is 4.59. The zero-order chi connectivity index (χ0) is 16.2. The largest absolute Gasteiger partial charge is 0.445 e. The Hall–Kier alpha value is -2.38. The molecule has 118 valence electrons. The van der Waals surface area contributed by atoms with Crippen LogP contribution in [0.5, 0.6) is 0 Å². The first-order chi connectivity index (χ1) is 10.4. The number of alkyl halides is 3. The van der Waals surface area contributed by atoms with Gasteiger partial charge in [0.25, 0.3) is 0 Å². The number of carbonyl (C=O) groups excluding carboxylic acids is 1. The van der Waals surface area contributed by atoms with Crippen LogP contribution in [0.25, 0.3) is 0 Å². The fraction of sp³-hybridized carbons (Fsp3) is 0.357. The fourth-order valence-corrected chi connectivity index (χ4v) is 1.74. The van der Waals surface area contributed by atoms with Crippen LogP contribution in [0.4, 0.5) is 18.0 Å². The Morgan fingerprint density at radius 2 is 1.95 bits per heavy atom. The molecule has 5 nitrogen and oxygen atoms in total. The summed E-state index contributed by atoms with van der Waals surface area (Å²) in [7, 11) is 0. The van der Waals surface area contributed by atoms with Crippen molar-refractivity contribution >= 4 is 6.09 Å². The van der Waals surface area contributed by atoms with Gasteiger partial charge in [-0.05, 0) is 12.5 Å². The summed E-state index contributed by atoms with van der Waals surface area (Å²) in [5.74, 6) is 0. The van der Waals surface area contributed by atoms with Crippen LogP contribution >= 0.6 is 0 Å². The van der Waals surface area contributed by atoms with E-state index in [1.165, 1.54) is 24.3 Å². The van der Waals surface area contributed by atoms with Crippen LogP contribution in [0.1, 0.15) is 18.1 Å². The second-order valence-electron chi connectivity index (χ2n) is 4.59. The summed E-state index contributed by atoms with van der Waals surface area (Å²) in [6.45, 7) is 2.12. The van der Waals surface area contributed by atoms with Gasteiger partial charge in [-0.1, -0.05) is 36.4 Å². The van der Waals surface area contributed by atoms with Crippen LogP contribution < -0.4 is 5.32 Å². The highest BCUT2D eigenvalue weighted by molar-refractivity contribution is 5.67. The summed E-state index contributed by atoms with van der Waals surface area (Å²) >= 11 is 0. The molecule has 0 unspecified atom stereocenters. The Bertz CT molecular complexity index is 588. The molecule has 0 fully saturated rings. The highest BCUT2D eigenvalue weighted by atomic mass is 19.4. The van der Waals surface area contributed by atoms with Gasteiger partial charge in [-0.3, -0.25) is 0 Å². The molecule has 1 aromatic carbocycles. The normalized spacial score (nSPS) is 15.8. The quantitative estimate of drug-likeness (QED) is 0.843. The monoisotopic (exact) mass is 313 g/mol. The minimum atomic E-state index is -4.54. The Kier molecular flexibility index (Phi) is 4.48. The lowest BCUT2D eigenvalue weighted by molar-refractivity contribution is -0.166. The van der Waals surface area contributed by atoms with E-state index in [0.29, 0.717) is 5.56 Å². The molecule has 0 atom stereocenters. The number of rotatable bonds is 5. The van der Waals surface area contributed by atoms with Crippen LogP contribution in [-0.2, 0) is 16.9 Å². The summed E-state index contributed by atoms with van der Waals surface area (Å²) < 4.78 is 43.3. The van der Waals surface area contributed by atoms with Gasteiger partial charge in [-0.2, -0.15) is 13.2 Å². The number of halogens is 3. The lowest BCUT2D eigenvalue weighted by Crippen LogP contribution is -2.30. The van der Waals surface area contributed by atoms with Gasteiger partial charge in [0.1, 0.15) is 6.61 Å². The number of amides is 1. The highest BCUT2D eigenvalue weighted by Gasteiger charge is 2.65. The molecule has 0 saturated carbocycles. The zero-order valence-electron chi connectivity index (χ0n) is 11.7. The Morgan fingerprint density at radius 3 is 2.45 bits per heavy atom. The van der Waals surface area contributed by atoms with Gasteiger partial charge >= 0.3 is 17.9 Å². The van der Waals surface area contributed by atoms with Crippen molar-refractivity contribution in [3.63, 3.8) is 0 Å². The van der Waals surface area contributed by atoms with Crippen molar-refractivity contribution < 1.29 is 22.7 Å². The van der Waals surface area contributed by atoms with Crippen LogP contribution in [0.2, 0.25) is 0 Å². The third-order valence-corrected chi connectivity index (χ3v) is 3.03. The number of nitrogens with zero attached hydrogens (tertiary/aromatic N) is 2. The first kappa shape index (κ1) is 16.0. The van der Waals surface area contributed by atoms with E-state index in [-0.39, 0.29) is 18.7 Å². The number of ether oxygens (including phenoxy) is 1. The van der Waals surface area contributed by atoms with E-state index in [9.17, 15) is 18.0 Å². The molecule has 1 N–H and O–H groups in total. The third-order valence-electron chi connectivity index (χ3n) is 3.03. The molecule has 0 radical (unpaired) electrons. The summed E-state index contributed by atoms with van der Waals surface area (Å²) in [5, 5.41) is 8.75. The first-order valence-corrected chi connectivity index (χ1v) is 6.51. The van der Waals surface area contributed by atoms with Gasteiger partial charge in [-0.25, -0.2) is 4.79 Å². The molecule has 0 aromatic heterocycles. The van der Waals surface area contributed by atoms with E-state index < -0.39 is 17.9 Å². The number of hydrogen-bond donors (Lipinski definition) is 1. The number of benzene rings is 1. The molecule has 1 aliphatic heterocycles. The summed E-state index contributed by atoms with van der Waals surface area (Å²) in [4.78, 5) is 11.3. The van der Waals surface area contributed by atoms with Gasteiger partial charge in [-0.15, -0.1) is 10.2 Å². The van der Waals surface area contributed by atoms with E-state index >= 15 is 0 Å². The fourth-order valence-electron chi connectivity index (χ4n) is 1.74. The Morgan fingerprint density at radius 1 is 1.32 bits per heavy atom. The van der Waals surface area contributed by atoms with Crippen molar-refractivity contribution in [1.82, 2.24) is 5.32 Å². The molecule has 0 spiro atoms. The number of carbonyl (C=O) groups is 1. The topological polar surface area (TPSA) is 63.0 Å². The van der Waals surface area contributed by atoms with Crippen molar-refractivity contribution in [3.05, 3.63) is 47.5 Å². The van der Waals surface area contributed by atoms with Gasteiger partial charge < -0.3 is 10.1 Å². The number of hydrogen-bond acceptors (Lipinski definition) is 4. The van der Waals surface area contributed by atoms with Gasteiger partial charge in [0.05, 0.1) is 0 Å². The molecule has 1 aliphatic rings. The molecular formula is C14H14F3N3O2. The first-order valence-electron chi connectivity index (χ1n) is 6.51. The van der Waals surface area contributed by atoms with Crippen molar-refractivity contribution in [3.8, 4) is 0 Å². The van der Waals surface area contributed by atoms with Crippen molar-refractivity contribution in [2.75, 3.05) is 6.61 Å². The molecule has 1 aromatic rings. The minimum absolute atomic E-state index is 0.0422. The molecule has 2 rings (SSSR count). The SMILES string of the molecule is C/C=C/COC(=O)NCc1ccc(C2(C(F)(F)F)N=N2)cc1. The maximum atomic E-state index is 12.8.